The largest absolute Gasteiger partial charge is 0.343 e. The molecule has 6 nitrogen and oxygen atoms in total. The summed E-state index contributed by atoms with van der Waals surface area (Å²) in [5, 5.41) is 3.03. The number of benzene rings is 2. The van der Waals surface area contributed by atoms with E-state index in [0.717, 1.165) is 49.7 Å². The summed E-state index contributed by atoms with van der Waals surface area (Å²) in [6.07, 6.45) is 7.89. The lowest BCUT2D eigenvalue weighted by Gasteiger charge is -2.34. The van der Waals surface area contributed by atoms with Crippen LogP contribution in [0.25, 0.3) is 22.4 Å². The molecule has 3 aromatic rings. The molecule has 0 saturated heterocycles. The van der Waals surface area contributed by atoms with Gasteiger partial charge in [0.1, 0.15) is 5.82 Å². The lowest BCUT2D eigenvalue weighted by Crippen LogP contribution is -2.39. The van der Waals surface area contributed by atoms with Crippen molar-refractivity contribution < 1.29 is 14.0 Å². The molecule has 1 aromatic heterocycles. The van der Waals surface area contributed by atoms with Crippen molar-refractivity contribution in [2.45, 2.75) is 69.9 Å². The van der Waals surface area contributed by atoms with Crippen molar-refractivity contribution in [2.24, 2.45) is 11.7 Å². The zero-order chi connectivity index (χ0) is 27.6. The molecule has 0 radical (unpaired) electrons. The molecule has 5 rings (SSSR count). The van der Waals surface area contributed by atoms with Gasteiger partial charge in [0.15, 0.2) is 0 Å². The molecule has 0 bridgehead atoms. The number of hydrogen-bond acceptors (Lipinski definition) is 4. The van der Waals surface area contributed by atoms with Crippen molar-refractivity contribution in [3.63, 3.8) is 0 Å². The maximum Gasteiger partial charge on any atom is 0.224 e. The average molecular weight is 529 g/mol. The van der Waals surface area contributed by atoms with Crippen LogP contribution in [0, 0.1) is 11.7 Å². The summed E-state index contributed by atoms with van der Waals surface area (Å²) in [4.78, 5) is 31.5. The molecular weight excluding hydrogens is 491 g/mol. The first kappa shape index (κ1) is 27.0. The maximum atomic E-state index is 15.0. The van der Waals surface area contributed by atoms with Crippen LogP contribution in [0.2, 0.25) is 0 Å². The van der Waals surface area contributed by atoms with Gasteiger partial charge < -0.3 is 16.0 Å². The monoisotopic (exact) mass is 528 g/mol. The van der Waals surface area contributed by atoms with Crippen LogP contribution in [0.4, 0.5) is 10.1 Å². The number of carbonyl (C=O) groups is 2. The van der Waals surface area contributed by atoms with Gasteiger partial charge in [-0.1, -0.05) is 49.4 Å². The van der Waals surface area contributed by atoms with E-state index in [0.29, 0.717) is 41.3 Å². The van der Waals surface area contributed by atoms with E-state index in [9.17, 15) is 9.59 Å². The van der Waals surface area contributed by atoms with Crippen LogP contribution in [0.3, 0.4) is 0 Å². The SMILES string of the molecule is CCC(=O)N(C)[C@H]1CC[C@H](CC(=O)Nc2cnc(-c3ccc(C4(N)CC4)c(F)c3)c(-c3ccccc3)c2)CC1. The van der Waals surface area contributed by atoms with Crippen LogP contribution < -0.4 is 11.1 Å². The van der Waals surface area contributed by atoms with Gasteiger partial charge in [0.25, 0.3) is 0 Å². The summed E-state index contributed by atoms with van der Waals surface area (Å²) in [7, 11) is 1.88. The standard InChI is InChI=1S/C32H37FN4O2/c1-3-30(39)37(2)25-12-9-21(10-13-25)17-29(38)36-24-19-26(22-7-5-4-6-8-22)31(35-20-24)23-11-14-27(28(33)18-23)32(34)15-16-32/h4-8,11,14,18-21,25H,3,9-10,12-13,15-17,34H2,1-2H3,(H,36,38)/t21-,25-. The van der Waals surface area contributed by atoms with Gasteiger partial charge in [-0.3, -0.25) is 14.6 Å². The Balaban J connectivity index is 1.30. The van der Waals surface area contributed by atoms with Crippen LogP contribution in [0.5, 0.6) is 0 Å². The zero-order valence-corrected chi connectivity index (χ0v) is 22.8. The number of hydrogen-bond donors (Lipinski definition) is 2. The van der Waals surface area contributed by atoms with E-state index in [2.05, 4.69) is 10.3 Å². The molecule has 2 fully saturated rings. The number of anilines is 1. The minimum Gasteiger partial charge on any atom is -0.343 e. The van der Waals surface area contributed by atoms with Crippen molar-refractivity contribution in [3.05, 3.63) is 72.2 Å². The van der Waals surface area contributed by atoms with E-state index in [1.165, 1.54) is 6.07 Å². The van der Waals surface area contributed by atoms with E-state index in [-0.39, 0.29) is 23.7 Å². The van der Waals surface area contributed by atoms with Crippen molar-refractivity contribution >= 4 is 17.5 Å². The molecule has 39 heavy (non-hydrogen) atoms. The summed E-state index contributed by atoms with van der Waals surface area (Å²) < 4.78 is 15.0. The third kappa shape index (κ3) is 6.04. The fourth-order valence-electron chi connectivity index (χ4n) is 5.73. The number of nitrogens with one attached hydrogen (secondary N) is 1. The van der Waals surface area contributed by atoms with Gasteiger partial charge in [0, 0.05) is 48.2 Å². The molecule has 0 aliphatic heterocycles. The summed E-state index contributed by atoms with van der Waals surface area (Å²) >= 11 is 0. The Kier molecular flexibility index (Phi) is 7.80. The first-order chi connectivity index (χ1) is 18.8. The van der Waals surface area contributed by atoms with Gasteiger partial charge in [0.05, 0.1) is 17.6 Å². The average Bonchev–Trinajstić information content (AvgIpc) is 3.70. The summed E-state index contributed by atoms with van der Waals surface area (Å²) in [6, 6.07) is 17.1. The van der Waals surface area contributed by atoms with E-state index >= 15 is 4.39 Å². The quantitative estimate of drug-likeness (QED) is 0.361. The summed E-state index contributed by atoms with van der Waals surface area (Å²) in [6.45, 7) is 1.89. The first-order valence-corrected chi connectivity index (χ1v) is 14.0. The van der Waals surface area contributed by atoms with Crippen LogP contribution in [0.15, 0.2) is 60.8 Å². The van der Waals surface area contributed by atoms with Crippen LogP contribution in [-0.4, -0.2) is 34.8 Å². The number of pyridine rings is 1. The van der Waals surface area contributed by atoms with Crippen molar-refractivity contribution in [3.8, 4) is 22.4 Å². The van der Waals surface area contributed by atoms with E-state index < -0.39 is 5.54 Å². The Bertz CT molecular complexity index is 1350. The topological polar surface area (TPSA) is 88.3 Å². The van der Waals surface area contributed by atoms with Gasteiger partial charge in [-0.2, -0.15) is 0 Å². The van der Waals surface area contributed by atoms with E-state index in [4.69, 9.17) is 5.73 Å². The normalized spacial score (nSPS) is 19.8. The van der Waals surface area contributed by atoms with Crippen molar-refractivity contribution in [2.75, 3.05) is 12.4 Å². The second-order valence-electron chi connectivity index (χ2n) is 11.1. The second kappa shape index (κ2) is 11.3. The highest BCUT2D eigenvalue weighted by Gasteiger charge is 2.42. The van der Waals surface area contributed by atoms with E-state index in [1.54, 1.807) is 12.3 Å². The van der Waals surface area contributed by atoms with Gasteiger partial charge in [-0.15, -0.1) is 0 Å². The molecule has 2 aliphatic rings. The van der Waals surface area contributed by atoms with Gasteiger partial charge in [0.2, 0.25) is 11.8 Å². The number of rotatable bonds is 8. The van der Waals surface area contributed by atoms with Crippen molar-refractivity contribution in [1.82, 2.24) is 9.88 Å². The minimum atomic E-state index is -0.547. The predicted octanol–water partition coefficient (Wildman–Crippen LogP) is 6.26. The van der Waals surface area contributed by atoms with Crippen molar-refractivity contribution in [1.29, 1.82) is 0 Å². The highest BCUT2D eigenvalue weighted by atomic mass is 19.1. The molecule has 0 atom stereocenters. The highest BCUT2D eigenvalue weighted by Crippen LogP contribution is 2.44. The maximum absolute atomic E-state index is 15.0. The van der Waals surface area contributed by atoms with Gasteiger partial charge in [-0.05, 0) is 62.1 Å². The van der Waals surface area contributed by atoms with Crippen LogP contribution in [-0.2, 0) is 15.1 Å². The fourth-order valence-corrected chi connectivity index (χ4v) is 5.73. The number of nitrogens with two attached hydrogens (primary N) is 1. The predicted molar refractivity (Wildman–Crippen MR) is 152 cm³/mol. The fraction of sp³-hybridized carbons (Fsp3) is 0.406. The lowest BCUT2D eigenvalue weighted by atomic mass is 9.83. The Morgan fingerprint density at radius 3 is 2.41 bits per heavy atom. The van der Waals surface area contributed by atoms with Gasteiger partial charge >= 0.3 is 0 Å². The summed E-state index contributed by atoms with van der Waals surface area (Å²) in [5.41, 5.74) is 9.92. The molecular formula is C32H37FN4O2. The van der Waals surface area contributed by atoms with Crippen LogP contribution >= 0.6 is 0 Å². The Labute approximate surface area is 229 Å². The number of nitrogens with zero attached hydrogens (tertiary/aromatic N) is 2. The van der Waals surface area contributed by atoms with Crippen LogP contribution in [0.1, 0.15) is 63.9 Å². The molecule has 1 heterocycles. The second-order valence-corrected chi connectivity index (χ2v) is 11.1. The molecule has 0 unspecified atom stereocenters. The first-order valence-electron chi connectivity index (χ1n) is 14.0. The smallest absolute Gasteiger partial charge is 0.224 e. The van der Waals surface area contributed by atoms with E-state index in [1.807, 2.05) is 61.3 Å². The highest BCUT2D eigenvalue weighted by molar-refractivity contribution is 5.93. The Morgan fingerprint density at radius 2 is 1.77 bits per heavy atom. The molecule has 2 aromatic carbocycles. The molecule has 2 saturated carbocycles. The summed E-state index contributed by atoms with van der Waals surface area (Å²) in [5.74, 6) is 0.112. The third-order valence-electron chi connectivity index (χ3n) is 8.36. The lowest BCUT2D eigenvalue weighted by molar-refractivity contribution is -0.132. The Hall–Kier alpha value is -3.58. The number of aromatic nitrogens is 1. The number of amides is 2. The molecule has 2 amide bonds. The molecule has 7 heteroatoms. The molecule has 204 valence electrons. The van der Waals surface area contributed by atoms with Gasteiger partial charge in [-0.25, -0.2) is 4.39 Å². The third-order valence-corrected chi connectivity index (χ3v) is 8.36. The number of carbonyl (C=O) groups excluding carboxylic acids is 2. The molecule has 0 spiro atoms. The Morgan fingerprint density at radius 1 is 1.05 bits per heavy atom. The molecule has 3 N–H and O–H groups in total. The minimum absolute atomic E-state index is 0.0434. The zero-order valence-electron chi connectivity index (χ0n) is 22.8. The molecule has 2 aliphatic carbocycles. The number of halogens is 1.